The second-order valence-corrected chi connectivity index (χ2v) is 5.22. The van der Waals surface area contributed by atoms with Crippen LogP contribution in [-0.2, 0) is 9.59 Å². The monoisotopic (exact) mass is 322 g/mol. The Bertz CT molecular complexity index is 833. The van der Waals surface area contributed by atoms with E-state index in [1.165, 1.54) is 6.21 Å². The first-order valence-corrected chi connectivity index (χ1v) is 7.26. The summed E-state index contributed by atoms with van der Waals surface area (Å²) in [4.78, 5) is 45.7. The molecule has 24 heavy (non-hydrogen) atoms. The molecule has 120 valence electrons. The number of barbiturate groups is 1. The van der Waals surface area contributed by atoms with Gasteiger partial charge in [0.25, 0.3) is 5.91 Å². The van der Waals surface area contributed by atoms with Crippen molar-refractivity contribution in [2.45, 2.75) is 6.92 Å². The Morgan fingerprint density at radius 1 is 1.12 bits per heavy atom. The van der Waals surface area contributed by atoms with Crippen molar-refractivity contribution in [1.82, 2.24) is 10.3 Å². The van der Waals surface area contributed by atoms with Crippen LogP contribution in [0.25, 0.3) is 0 Å². The molecular weight excluding hydrogens is 308 g/mol. The van der Waals surface area contributed by atoms with E-state index in [-0.39, 0.29) is 0 Å². The van der Waals surface area contributed by atoms with E-state index in [2.05, 4.69) is 15.3 Å². The van der Waals surface area contributed by atoms with Gasteiger partial charge in [0.15, 0.2) is 5.92 Å². The minimum absolute atomic E-state index is 0.440. The van der Waals surface area contributed by atoms with Crippen molar-refractivity contribution in [3.05, 3.63) is 54.4 Å². The maximum absolute atomic E-state index is 12.7. The van der Waals surface area contributed by atoms with Gasteiger partial charge in [-0.25, -0.2) is 9.69 Å². The number of aromatic nitrogens is 1. The first-order valence-electron chi connectivity index (χ1n) is 7.26. The van der Waals surface area contributed by atoms with E-state index in [0.717, 1.165) is 10.5 Å². The molecule has 0 spiro atoms. The molecule has 3 rings (SSSR count). The molecule has 0 aliphatic carbocycles. The summed E-state index contributed by atoms with van der Waals surface area (Å²) < 4.78 is 0. The molecule has 0 saturated carbocycles. The predicted octanol–water partition coefficient (Wildman–Crippen LogP) is 1.99. The van der Waals surface area contributed by atoms with Crippen molar-refractivity contribution in [2.75, 3.05) is 4.90 Å². The minimum atomic E-state index is -1.17. The lowest BCUT2D eigenvalue weighted by atomic mass is 10.0. The fraction of sp³-hybridized carbons (Fsp3) is 0.118. The third-order valence-electron chi connectivity index (χ3n) is 3.59. The number of rotatable bonds is 3. The zero-order valence-corrected chi connectivity index (χ0v) is 12.8. The van der Waals surface area contributed by atoms with Crippen LogP contribution in [0.1, 0.15) is 5.56 Å². The number of carbonyl (C=O) groups excluding carboxylic acids is 3. The van der Waals surface area contributed by atoms with Crippen molar-refractivity contribution in [3.8, 4) is 0 Å². The van der Waals surface area contributed by atoms with Crippen LogP contribution in [0, 0.1) is 12.8 Å². The number of aryl methyl sites for hydroxylation is 1. The van der Waals surface area contributed by atoms with Crippen LogP contribution in [-0.4, -0.2) is 29.0 Å². The lowest BCUT2D eigenvalue weighted by molar-refractivity contribution is -0.131. The molecule has 0 unspecified atom stereocenters. The van der Waals surface area contributed by atoms with Crippen LogP contribution in [0.2, 0.25) is 0 Å². The number of urea groups is 1. The topological polar surface area (TPSA) is 91.7 Å². The van der Waals surface area contributed by atoms with Crippen LogP contribution in [0.5, 0.6) is 0 Å². The number of nitrogens with one attached hydrogen (secondary N) is 1. The highest BCUT2D eigenvalue weighted by Crippen LogP contribution is 2.24. The Kier molecular flexibility index (Phi) is 4.15. The first kappa shape index (κ1) is 15.5. The van der Waals surface area contributed by atoms with Gasteiger partial charge in [0.2, 0.25) is 5.91 Å². The van der Waals surface area contributed by atoms with E-state index < -0.39 is 23.8 Å². The lowest BCUT2D eigenvalue weighted by Gasteiger charge is -2.29. The third kappa shape index (κ3) is 2.91. The molecule has 7 heteroatoms. The van der Waals surface area contributed by atoms with E-state index in [0.29, 0.717) is 11.4 Å². The van der Waals surface area contributed by atoms with Crippen LogP contribution in [0.3, 0.4) is 0 Å². The predicted molar refractivity (Wildman–Crippen MR) is 88.1 cm³/mol. The highest BCUT2D eigenvalue weighted by atomic mass is 16.2. The molecule has 1 atom stereocenters. The largest absolute Gasteiger partial charge is 0.335 e. The quantitative estimate of drug-likeness (QED) is 0.691. The number of amides is 4. The Hall–Kier alpha value is -3.35. The molecule has 4 amide bonds. The number of nitrogens with zero attached hydrogens (tertiary/aromatic N) is 3. The molecule has 0 bridgehead atoms. The Labute approximate surface area is 138 Å². The van der Waals surface area contributed by atoms with Crippen LogP contribution < -0.4 is 10.2 Å². The van der Waals surface area contributed by atoms with Gasteiger partial charge in [-0.3, -0.25) is 24.9 Å². The summed E-state index contributed by atoms with van der Waals surface area (Å²) in [6.45, 7) is 1.78. The Balaban J connectivity index is 1.92. The molecule has 1 saturated heterocycles. The summed E-state index contributed by atoms with van der Waals surface area (Å²) in [5.41, 5.74) is 1.75. The van der Waals surface area contributed by atoms with Crippen molar-refractivity contribution >= 4 is 35.4 Å². The summed E-state index contributed by atoms with van der Waals surface area (Å²) >= 11 is 0. The highest BCUT2D eigenvalue weighted by molar-refractivity contribution is 6.32. The number of carbonyl (C=O) groups is 3. The number of anilines is 1. The summed E-state index contributed by atoms with van der Waals surface area (Å²) in [6, 6.07) is 9.50. The normalized spacial score (nSPS) is 18.1. The molecule has 1 N–H and O–H groups in total. The first-order chi connectivity index (χ1) is 11.6. The molecule has 1 aliphatic heterocycles. The van der Waals surface area contributed by atoms with Gasteiger partial charge >= 0.3 is 6.03 Å². The van der Waals surface area contributed by atoms with Crippen LogP contribution in [0.15, 0.2) is 53.8 Å². The number of para-hydroxylation sites is 1. The van der Waals surface area contributed by atoms with E-state index in [1.54, 1.807) is 55.7 Å². The molecule has 2 aromatic rings. The fourth-order valence-electron chi connectivity index (χ4n) is 2.35. The number of imide groups is 2. The van der Waals surface area contributed by atoms with Crippen molar-refractivity contribution in [2.24, 2.45) is 10.9 Å². The SMILES string of the molecule is Cc1ccccc1N1C(=O)NC(=O)[C@@H](C=Nc2ccncc2)C1=O. The minimum Gasteiger partial charge on any atom is -0.276 e. The van der Waals surface area contributed by atoms with Gasteiger partial charge in [-0.1, -0.05) is 18.2 Å². The van der Waals surface area contributed by atoms with Gasteiger partial charge in [0.05, 0.1) is 11.4 Å². The molecular formula is C17H14N4O3. The van der Waals surface area contributed by atoms with E-state index in [4.69, 9.17) is 0 Å². The molecule has 0 radical (unpaired) electrons. The number of pyridine rings is 1. The van der Waals surface area contributed by atoms with Crippen LogP contribution in [0.4, 0.5) is 16.2 Å². The third-order valence-corrected chi connectivity index (χ3v) is 3.59. The molecule has 2 heterocycles. The standard InChI is InChI=1S/C17H14N4O3/c1-11-4-2-3-5-14(11)21-16(23)13(15(22)20-17(21)24)10-19-12-6-8-18-9-7-12/h2-10,13H,1H3,(H,20,22,24)/t13-/m1/s1. The zero-order chi connectivity index (χ0) is 17.1. The van der Waals surface area contributed by atoms with Gasteiger partial charge in [0.1, 0.15) is 0 Å². The fourth-order valence-corrected chi connectivity index (χ4v) is 2.35. The highest BCUT2D eigenvalue weighted by Gasteiger charge is 2.40. The Morgan fingerprint density at radius 2 is 1.83 bits per heavy atom. The van der Waals surface area contributed by atoms with E-state index in [1.807, 2.05) is 0 Å². The van der Waals surface area contributed by atoms with Crippen molar-refractivity contribution in [3.63, 3.8) is 0 Å². The van der Waals surface area contributed by atoms with Gasteiger partial charge in [-0.05, 0) is 30.7 Å². The van der Waals surface area contributed by atoms with Gasteiger partial charge in [0, 0.05) is 18.6 Å². The summed E-state index contributed by atoms with van der Waals surface area (Å²) in [5.74, 6) is -2.49. The Morgan fingerprint density at radius 3 is 2.54 bits per heavy atom. The smallest absolute Gasteiger partial charge is 0.276 e. The molecule has 1 aliphatic rings. The summed E-state index contributed by atoms with van der Waals surface area (Å²) in [6.07, 6.45) is 4.35. The average Bonchev–Trinajstić information content (AvgIpc) is 2.57. The van der Waals surface area contributed by atoms with Crippen molar-refractivity contribution < 1.29 is 14.4 Å². The zero-order valence-electron chi connectivity index (χ0n) is 12.8. The van der Waals surface area contributed by atoms with E-state index in [9.17, 15) is 14.4 Å². The lowest BCUT2D eigenvalue weighted by Crippen LogP contribution is -2.58. The summed E-state index contributed by atoms with van der Waals surface area (Å²) in [7, 11) is 0. The van der Waals surface area contributed by atoms with Crippen LogP contribution >= 0.6 is 0 Å². The number of benzene rings is 1. The van der Waals surface area contributed by atoms with Gasteiger partial charge in [-0.2, -0.15) is 0 Å². The van der Waals surface area contributed by atoms with Gasteiger partial charge in [-0.15, -0.1) is 0 Å². The molecule has 7 nitrogen and oxygen atoms in total. The number of aliphatic imine (C=N–C) groups is 1. The second kappa shape index (κ2) is 6.41. The number of hydrogen-bond acceptors (Lipinski definition) is 5. The average molecular weight is 322 g/mol. The molecule has 1 aromatic carbocycles. The number of hydrogen-bond donors (Lipinski definition) is 1. The van der Waals surface area contributed by atoms with Crippen molar-refractivity contribution in [1.29, 1.82) is 0 Å². The summed E-state index contributed by atoms with van der Waals surface area (Å²) in [5, 5.41) is 2.20. The maximum atomic E-state index is 12.7. The molecule has 1 aromatic heterocycles. The van der Waals surface area contributed by atoms with Gasteiger partial charge < -0.3 is 0 Å². The maximum Gasteiger partial charge on any atom is 0.335 e. The second-order valence-electron chi connectivity index (χ2n) is 5.22. The molecule has 1 fully saturated rings. The van der Waals surface area contributed by atoms with E-state index >= 15 is 0 Å².